The Morgan fingerprint density at radius 1 is 1.47 bits per heavy atom. The first-order valence-corrected chi connectivity index (χ1v) is 5.35. The summed E-state index contributed by atoms with van der Waals surface area (Å²) in [5.74, 6) is -0.953. The van der Waals surface area contributed by atoms with E-state index < -0.39 is 5.97 Å². The van der Waals surface area contributed by atoms with E-state index in [1.165, 1.54) is 0 Å². The minimum absolute atomic E-state index is 0.233. The van der Waals surface area contributed by atoms with E-state index in [-0.39, 0.29) is 5.56 Å². The Hall–Kier alpha value is -2.17. The van der Waals surface area contributed by atoms with Crippen molar-refractivity contribution < 1.29 is 9.90 Å². The predicted molar refractivity (Wildman–Crippen MR) is 62.8 cm³/mol. The maximum atomic E-state index is 10.9. The number of hydrogen-bond donors (Lipinski definition) is 1. The summed E-state index contributed by atoms with van der Waals surface area (Å²) in [5.41, 5.74) is 2.38. The average molecular weight is 231 g/mol. The topological polar surface area (TPSA) is 68.0 Å². The second-order valence-corrected chi connectivity index (χ2v) is 3.72. The molecule has 5 nitrogen and oxygen atoms in total. The van der Waals surface area contributed by atoms with E-state index in [0.717, 1.165) is 17.8 Å². The molecule has 0 aliphatic rings. The predicted octanol–water partition coefficient (Wildman–Crippen LogP) is 1.97. The lowest BCUT2D eigenvalue weighted by Crippen LogP contribution is -2.01. The molecule has 2 aromatic rings. The van der Waals surface area contributed by atoms with Gasteiger partial charge < -0.3 is 5.11 Å². The Labute approximate surface area is 98.7 Å². The average Bonchev–Trinajstić information content (AvgIpc) is 2.76. The molecule has 17 heavy (non-hydrogen) atoms. The second-order valence-electron chi connectivity index (χ2n) is 3.72. The maximum Gasteiger partial charge on any atom is 0.337 e. The molecule has 0 spiro atoms. The molecule has 0 aliphatic carbocycles. The monoisotopic (exact) mass is 231 g/mol. The molecule has 88 valence electrons. The molecule has 0 saturated carbocycles. The molecule has 0 fully saturated rings. The summed E-state index contributed by atoms with van der Waals surface area (Å²) in [5, 5.41) is 13.1. The molecule has 0 aromatic carbocycles. The number of pyridine rings is 1. The second kappa shape index (κ2) is 4.37. The van der Waals surface area contributed by atoms with Gasteiger partial charge in [-0.05, 0) is 26.0 Å². The summed E-state index contributed by atoms with van der Waals surface area (Å²) in [6, 6.07) is 3.27. The standard InChI is InChI=1S/C12H13N3O2/c1-3-15-7-9(6-13-15)11-5-4-10(12(16)17)8(2)14-11/h4-7H,3H2,1-2H3,(H,16,17). The molecule has 0 aliphatic heterocycles. The Morgan fingerprint density at radius 2 is 2.24 bits per heavy atom. The van der Waals surface area contributed by atoms with Crippen molar-refractivity contribution in [1.29, 1.82) is 0 Å². The molecule has 0 unspecified atom stereocenters. The smallest absolute Gasteiger partial charge is 0.337 e. The first-order chi connectivity index (χ1) is 8.11. The van der Waals surface area contributed by atoms with Crippen LogP contribution in [0.1, 0.15) is 23.0 Å². The SMILES string of the molecule is CCn1cc(-c2ccc(C(=O)O)c(C)n2)cn1. The molecule has 0 amide bonds. The lowest BCUT2D eigenvalue weighted by molar-refractivity contribution is 0.0695. The van der Waals surface area contributed by atoms with E-state index >= 15 is 0 Å². The molecule has 2 aromatic heterocycles. The van der Waals surface area contributed by atoms with E-state index in [1.807, 2.05) is 13.1 Å². The van der Waals surface area contributed by atoms with Gasteiger partial charge in [-0.1, -0.05) is 0 Å². The molecule has 1 N–H and O–H groups in total. The Bertz CT molecular complexity index is 561. The third-order valence-electron chi connectivity index (χ3n) is 2.57. The van der Waals surface area contributed by atoms with Gasteiger partial charge in [0.05, 0.1) is 23.1 Å². The van der Waals surface area contributed by atoms with E-state index in [2.05, 4.69) is 10.1 Å². The lowest BCUT2D eigenvalue weighted by Gasteiger charge is -2.02. The van der Waals surface area contributed by atoms with Crippen LogP contribution in [0.2, 0.25) is 0 Å². The highest BCUT2D eigenvalue weighted by molar-refractivity contribution is 5.89. The van der Waals surface area contributed by atoms with Crippen molar-refractivity contribution in [3.05, 3.63) is 35.8 Å². The van der Waals surface area contributed by atoms with Crippen molar-refractivity contribution in [2.75, 3.05) is 0 Å². The highest BCUT2D eigenvalue weighted by Crippen LogP contribution is 2.18. The van der Waals surface area contributed by atoms with Gasteiger partial charge in [-0.2, -0.15) is 5.10 Å². The van der Waals surface area contributed by atoms with Crippen molar-refractivity contribution in [1.82, 2.24) is 14.8 Å². The number of carboxylic acid groups (broad SMARTS) is 1. The van der Waals surface area contributed by atoms with Gasteiger partial charge >= 0.3 is 5.97 Å². The summed E-state index contributed by atoms with van der Waals surface area (Å²) < 4.78 is 1.80. The third kappa shape index (κ3) is 2.18. The summed E-state index contributed by atoms with van der Waals surface area (Å²) in [7, 11) is 0. The molecular formula is C12H13N3O2. The number of aromatic carboxylic acids is 1. The van der Waals surface area contributed by atoms with Crippen LogP contribution in [-0.4, -0.2) is 25.8 Å². The zero-order valence-electron chi connectivity index (χ0n) is 9.71. The minimum Gasteiger partial charge on any atom is -0.478 e. The first kappa shape index (κ1) is 11.3. The van der Waals surface area contributed by atoms with Crippen LogP contribution in [0.3, 0.4) is 0 Å². The Kier molecular flexibility index (Phi) is 2.91. The number of carboxylic acids is 1. The molecule has 2 heterocycles. The number of nitrogens with zero attached hydrogens (tertiary/aromatic N) is 3. The first-order valence-electron chi connectivity index (χ1n) is 5.35. The molecule has 0 bridgehead atoms. The highest BCUT2D eigenvalue weighted by Gasteiger charge is 2.10. The number of aromatic nitrogens is 3. The van der Waals surface area contributed by atoms with Crippen LogP contribution >= 0.6 is 0 Å². The maximum absolute atomic E-state index is 10.9. The number of carbonyl (C=O) groups is 1. The van der Waals surface area contributed by atoms with Crippen molar-refractivity contribution in [3.8, 4) is 11.3 Å². The summed E-state index contributed by atoms with van der Waals surface area (Å²) in [6.45, 7) is 4.49. The number of hydrogen-bond acceptors (Lipinski definition) is 3. The van der Waals surface area contributed by atoms with Crippen LogP contribution in [0.5, 0.6) is 0 Å². The fourth-order valence-corrected chi connectivity index (χ4v) is 1.62. The number of rotatable bonds is 3. The Balaban J connectivity index is 2.40. The molecule has 0 saturated heterocycles. The van der Waals surface area contributed by atoms with Crippen LogP contribution in [0.25, 0.3) is 11.3 Å². The lowest BCUT2D eigenvalue weighted by atomic mass is 10.1. The fourth-order valence-electron chi connectivity index (χ4n) is 1.62. The van der Waals surface area contributed by atoms with Gasteiger partial charge in [-0.15, -0.1) is 0 Å². The summed E-state index contributed by atoms with van der Waals surface area (Å²) >= 11 is 0. The molecule has 0 atom stereocenters. The van der Waals surface area contributed by atoms with Gasteiger partial charge in [0.25, 0.3) is 0 Å². The van der Waals surface area contributed by atoms with Gasteiger partial charge in [-0.3, -0.25) is 9.67 Å². The van der Waals surface area contributed by atoms with Gasteiger partial charge in [0.1, 0.15) is 0 Å². The van der Waals surface area contributed by atoms with Crippen molar-refractivity contribution >= 4 is 5.97 Å². The van der Waals surface area contributed by atoms with Crippen LogP contribution in [0, 0.1) is 6.92 Å². The quantitative estimate of drug-likeness (QED) is 0.876. The zero-order valence-corrected chi connectivity index (χ0v) is 9.71. The van der Waals surface area contributed by atoms with Gasteiger partial charge in [0, 0.05) is 18.3 Å². The van der Waals surface area contributed by atoms with Crippen molar-refractivity contribution in [2.45, 2.75) is 20.4 Å². The molecule has 0 radical (unpaired) electrons. The Morgan fingerprint density at radius 3 is 2.76 bits per heavy atom. The van der Waals surface area contributed by atoms with Gasteiger partial charge in [0.15, 0.2) is 0 Å². The minimum atomic E-state index is -0.953. The fraction of sp³-hybridized carbons (Fsp3) is 0.250. The normalized spacial score (nSPS) is 10.5. The summed E-state index contributed by atoms with van der Waals surface area (Å²) in [6.07, 6.45) is 3.62. The molecule has 5 heteroatoms. The van der Waals surface area contributed by atoms with Gasteiger partial charge in [0.2, 0.25) is 0 Å². The van der Waals surface area contributed by atoms with E-state index in [4.69, 9.17) is 5.11 Å². The molecule has 2 rings (SSSR count). The van der Waals surface area contributed by atoms with Crippen LogP contribution in [-0.2, 0) is 6.54 Å². The largest absolute Gasteiger partial charge is 0.478 e. The zero-order chi connectivity index (χ0) is 12.4. The summed E-state index contributed by atoms with van der Waals surface area (Å²) in [4.78, 5) is 15.1. The van der Waals surface area contributed by atoms with Crippen molar-refractivity contribution in [2.24, 2.45) is 0 Å². The van der Waals surface area contributed by atoms with Crippen LogP contribution in [0.15, 0.2) is 24.5 Å². The van der Waals surface area contributed by atoms with Gasteiger partial charge in [-0.25, -0.2) is 4.79 Å². The van der Waals surface area contributed by atoms with E-state index in [0.29, 0.717) is 5.69 Å². The third-order valence-corrected chi connectivity index (χ3v) is 2.57. The molecular weight excluding hydrogens is 218 g/mol. The number of aryl methyl sites for hydroxylation is 2. The van der Waals surface area contributed by atoms with Crippen LogP contribution < -0.4 is 0 Å². The van der Waals surface area contributed by atoms with Crippen molar-refractivity contribution in [3.63, 3.8) is 0 Å². The van der Waals surface area contributed by atoms with Crippen LogP contribution in [0.4, 0.5) is 0 Å². The highest BCUT2D eigenvalue weighted by atomic mass is 16.4. The van der Waals surface area contributed by atoms with E-state index in [9.17, 15) is 4.79 Å². The van der Waals surface area contributed by atoms with E-state index in [1.54, 1.807) is 29.9 Å².